The van der Waals surface area contributed by atoms with Crippen LogP contribution < -0.4 is 5.32 Å². The fourth-order valence-corrected chi connectivity index (χ4v) is 2.78. The van der Waals surface area contributed by atoms with E-state index in [0.717, 1.165) is 5.39 Å². The van der Waals surface area contributed by atoms with Gasteiger partial charge in [0.1, 0.15) is 16.9 Å². The lowest BCUT2D eigenvalue weighted by Gasteiger charge is -2.04. The molecule has 2 heterocycles. The molecule has 1 amide bonds. The summed E-state index contributed by atoms with van der Waals surface area (Å²) in [7, 11) is 0. The van der Waals surface area contributed by atoms with Crippen molar-refractivity contribution in [2.75, 3.05) is 11.9 Å². The van der Waals surface area contributed by atoms with Crippen molar-refractivity contribution in [1.82, 2.24) is 0 Å². The maximum Gasteiger partial charge on any atom is 0.376 e. The van der Waals surface area contributed by atoms with Gasteiger partial charge in [-0.25, -0.2) is 4.79 Å². The van der Waals surface area contributed by atoms with Crippen LogP contribution in [0.1, 0.15) is 28.0 Å². The molecule has 0 saturated heterocycles. The van der Waals surface area contributed by atoms with Crippen molar-refractivity contribution in [3.8, 4) is 0 Å². The largest absolute Gasteiger partial charge is 0.460 e. The smallest absolute Gasteiger partial charge is 0.376 e. The highest BCUT2D eigenvalue weighted by atomic mass is 16.5. The number of fused-ring (bicyclic) bond motifs is 2. The molecule has 0 aliphatic heterocycles. The first-order valence-electron chi connectivity index (χ1n) is 8.16. The minimum absolute atomic E-state index is 0.0440. The molecule has 26 heavy (non-hydrogen) atoms. The lowest BCUT2D eigenvalue weighted by atomic mass is 10.2. The third kappa shape index (κ3) is 2.71. The van der Waals surface area contributed by atoms with Crippen molar-refractivity contribution in [2.45, 2.75) is 6.92 Å². The number of nitrogens with one attached hydrogen (secondary N) is 1. The summed E-state index contributed by atoms with van der Waals surface area (Å²) in [6.45, 7) is 1.90. The zero-order valence-corrected chi connectivity index (χ0v) is 13.9. The molecule has 0 bridgehead atoms. The second-order valence-corrected chi connectivity index (χ2v) is 5.63. The molecule has 2 aromatic carbocycles. The number of carbonyl (C=O) groups excluding carboxylic acids is 2. The molecule has 0 unspecified atom stereocenters. The summed E-state index contributed by atoms with van der Waals surface area (Å²) in [5, 5.41) is 4.15. The number of ether oxygens (including phenoxy) is 1. The molecule has 0 fully saturated rings. The van der Waals surface area contributed by atoms with E-state index in [9.17, 15) is 9.59 Å². The van der Waals surface area contributed by atoms with Crippen LogP contribution in [0.2, 0.25) is 0 Å². The lowest BCUT2D eigenvalue weighted by Crippen LogP contribution is -2.14. The van der Waals surface area contributed by atoms with Crippen LogP contribution in [0.4, 0.5) is 5.69 Å². The van der Waals surface area contributed by atoms with Crippen LogP contribution in [0.25, 0.3) is 21.9 Å². The number of carbonyl (C=O) groups is 2. The van der Waals surface area contributed by atoms with E-state index >= 15 is 0 Å². The molecule has 0 radical (unpaired) electrons. The van der Waals surface area contributed by atoms with Crippen molar-refractivity contribution in [2.24, 2.45) is 0 Å². The number of para-hydroxylation sites is 2. The van der Waals surface area contributed by atoms with Gasteiger partial charge in [0.05, 0.1) is 6.61 Å². The summed E-state index contributed by atoms with van der Waals surface area (Å²) < 4.78 is 16.2. The molecule has 0 aliphatic rings. The van der Waals surface area contributed by atoms with Crippen molar-refractivity contribution >= 4 is 39.5 Å². The number of hydrogen-bond donors (Lipinski definition) is 1. The topological polar surface area (TPSA) is 81.7 Å². The normalized spacial score (nSPS) is 11.0. The Balaban J connectivity index is 1.74. The summed E-state index contributed by atoms with van der Waals surface area (Å²) in [5.41, 5.74) is 1.36. The Morgan fingerprint density at radius 2 is 1.73 bits per heavy atom. The Bertz CT molecular complexity index is 1090. The number of esters is 1. The standard InChI is InChI=1S/C20H15NO5/c1-2-24-20(23)18-17(13-8-4-6-10-15(13)26-18)21-19(22)16-11-12-7-3-5-9-14(12)25-16/h3-11H,2H2,1H3,(H,21,22). The predicted octanol–water partition coefficient (Wildman–Crippen LogP) is 4.61. The summed E-state index contributed by atoms with van der Waals surface area (Å²) >= 11 is 0. The van der Waals surface area contributed by atoms with Gasteiger partial charge in [-0.15, -0.1) is 0 Å². The second kappa shape index (κ2) is 6.40. The van der Waals surface area contributed by atoms with Crippen LogP contribution in [0.15, 0.2) is 63.4 Å². The van der Waals surface area contributed by atoms with E-state index in [1.165, 1.54) is 0 Å². The van der Waals surface area contributed by atoms with Gasteiger partial charge in [-0.3, -0.25) is 4.79 Å². The molecular weight excluding hydrogens is 334 g/mol. The van der Waals surface area contributed by atoms with E-state index < -0.39 is 11.9 Å². The molecule has 130 valence electrons. The fraction of sp³-hybridized carbons (Fsp3) is 0.100. The van der Waals surface area contributed by atoms with Crippen LogP contribution in [-0.2, 0) is 4.74 Å². The van der Waals surface area contributed by atoms with Gasteiger partial charge in [-0.05, 0) is 31.2 Å². The highest BCUT2D eigenvalue weighted by Crippen LogP contribution is 2.32. The van der Waals surface area contributed by atoms with E-state index in [4.69, 9.17) is 13.6 Å². The van der Waals surface area contributed by atoms with E-state index in [0.29, 0.717) is 16.6 Å². The van der Waals surface area contributed by atoms with Crippen LogP contribution in [-0.4, -0.2) is 18.5 Å². The van der Waals surface area contributed by atoms with Gasteiger partial charge in [0.25, 0.3) is 5.91 Å². The molecule has 0 saturated carbocycles. The fourth-order valence-electron chi connectivity index (χ4n) is 2.78. The summed E-state index contributed by atoms with van der Waals surface area (Å²) in [6.07, 6.45) is 0. The maximum atomic E-state index is 12.7. The van der Waals surface area contributed by atoms with Gasteiger partial charge in [-0.1, -0.05) is 30.3 Å². The minimum atomic E-state index is -0.636. The highest BCUT2D eigenvalue weighted by molar-refractivity contribution is 6.13. The SMILES string of the molecule is CCOC(=O)c1oc2ccccc2c1NC(=O)c1cc2ccccc2o1. The van der Waals surface area contributed by atoms with Crippen LogP contribution in [0.3, 0.4) is 0 Å². The average Bonchev–Trinajstić information content (AvgIpc) is 3.24. The van der Waals surface area contributed by atoms with Gasteiger partial charge in [0.2, 0.25) is 5.76 Å². The number of benzene rings is 2. The minimum Gasteiger partial charge on any atom is -0.460 e. The molecule has 0 spiro atoms. The average molecular weight is 349 g/mol. The quantitative estimate of drug-likeness (QED) is 0.544. The number of amides is 1. The first-order chi connectivity index (χ1) is 12.7. The van der Waals surface area contributed by atoms with E-state index in [1.54, 1.807) is 43.3 Å². The molecular formula is C20H15NO5. The summed E-state index contributed by atoms with van der Waals surface area (Å²) in [5.74, 6) is -1.01. The molecule has 6 nitrogen and oxygen atoms in total. The van der Waals surface area contributed by atoms with Crippen LogP contribution in [0, 0.1) is 0 Å². The molecule has 6 heteroatoms. The molecule has 1 N–H and O–H groups in total. The van der Waals surface area contributed by atoms with Gasteiger partial charge >= 0.3 is 5.97 Å². The van der Waals surface area contributed by atoms with Crippen molar-refractivity contribution < 1.29 is 23.2 Å². The highest BCUT2D eigenvalue weighted by Gasteiger charge is 2.24. The van der Waals surface area contributed by atoms with Crippen LogP contribution >= 0.6 is 0 Å². The van der Waals surface area contributed by atoms with E-state index in [2.05, 4.69) is 5.32 Å². The molecule has 0 aliphatic carbocycles. The zero-order valence-electron chi connectivity index (χ0n) is 13.9. The Morgan fingerprint density at radius 3 is 2.50 bits per heavy atom. The third-order valence-electron chi connectivity index (χ3n) is 3.94. The zero-order chi connectivity index (χ0) is 18.1. The molecule has 4 rings (SSSR count). The summed E-state index contributed by atoms with van der Waals surface area (Å²) in [6, 6.07) is 16.0. The third-order valence-corrected chi connectivity index (χ3v) is 3.94. The van der Waals surface area contributed by atoms with Crippen LogP contribution in [0.5, 0.6) is 0 Å². The first-order valence-corrected chi connectivity index (χ1v) is 8.16. The van der Waals surface area contributed by atoms with E-state index in [-0.39, 0.29) is 23.8 Å². The Kier molecular flexibility index (Phi) is 3.93. The van der Waals surface area contributed by atoms with Gasteiger partial charge in [0, 0.05) is 10.8 Å². The number of hydrogen-bond acceptors (Lipinski definition) is 5. The maximum absolute atomic E-state index is 12.7. The molecule has 2 aromatic heterocycles. The Hall–Kier alpha value is -3.54. The monoisotopic (exact) mass is 349 g/mol. The van der Waals surface area contributed by atoms with Gasteiger partial charge < -0.3 is 18.9 Å². The predicted molar refractivity (Wildman–Crippen MR) is 96.3 cm³/mol. The summed E-state index contributed by atoms with van der Waals surface area (Å²) in [4.78, 5) is 24.9. The van der Waals surface area contributed by atoms with Gasteiger partial charge in [-0.2, -0.15) is 0 Å². The Morgan fingerprint density at radius 1 is 1.00 bits per heavy atom. The van der Waals surface area contributed by atoms with Crippen molar-refractivity contribution in [3.05, 3.63) is 66.1 Å². The number of rotatable bonds is 4. The number of furan rings is 2. The molecule has 0 atom stereocenters. The lowest BCUT2D eigenvalue weighted by molar-refractivity contribution is 0.0494. The first kappa shape index (κ1) is 16.0. The molecule has 4 aromatic rings. The van der Waals surface area contributed by atoms with Gasteiger partial charge in [0.15, 0.2) is 5.76 Å². The van der Waals surface area contributed by atoms with Crippen molar-refractivity contribution in [3.63, 3.8) is 0 Å². The Labute approximate surface area is 148 Å². The van der Waals surface area contributed by atoms with Crippen molar-refractivity contribution in [1.29, 1.82) is 0 Å². The number of anilines is 1. The van der Waals surface area contributed by atoms with E-state index in [1.807, 2.05) is 18.2 Å². The second-order valence-electron chi connectivity index (χ2n) is 5.63.